The van der Waals surface area contributed by atoms with Crippen LogP contribution in [0.4, 0.5) is 0 Å². The van der Waals surface area contributed by atoms with Crippen molar-refractivity contribution in [2.75, 3.05) is 13.2 Å². The van der Waals surface area contributed by atoms with Gasteiger partial charge in [-0.25, -0.2) is 13.9 Å². The first kappa shape index (κ1) is 47.3. The highest BCUT2D eigenvalue weighted by atomic mass is 31.2. The minimum absolute atomic E-state index is 0.0226. The lowest BCUT2D eigenvalue weighted by atomic mass is 9.85. The van der Waals surface area contributed by atoms with Crippen molar-refractivity contribution in [3.05, 3.63) is 0 Å². The van der Waals surface area contributed by atoms with E-state index in [2.05, 4.69) is 41.0 Å². The van der Waals surface area contributed by atoms with Crippen LogP contribution in [-0.2, 0) is 41.8 Å². The SMILES string of the molecule is C#CC#CC#CC#CC(=O)OC[C@H](COP(=O)(O)OC1C(O)[C@H](OP(=O)(O)O)[C@@H](O)C(O)[C@@H]1O)OC(=O)CCCCCCCCCCCCCCC. The van der Waals surface area contributed by atoms with E-state index >= 15 is 0 Å². The molecule has 0 aromatic rings. The molecule has 0 radical (unpaired) electrons. The third kappa shape index (κ3) is 21.1. The quantitative estimate of drug-likeness (QED) is 0.0243. The monoisotopic (exact) mass is 776 g/mol. The number of esters is 2. The molecule has 1 aliphatic carbocycles. The molecule has 1 aliphatic rings. The average Bonchev–Trinajstić information content (AvgIpc) is 3.08. The molecule has 0 bridgehead atoms. The molecule has 292 valence electrons. The van der Waals surface area contributed by atoms with Gasteiger partial charge in [-0.05, 0) is 41.9 Å². The Bertz CT molecular complexity index is 1420. The highest BCUT2D eigenvalue weighted by Gasteiger charge is 2.54. The summed E-state index contributed by atoms with van der Waals surface area (Å²) in [6.45, 7) is 0.549. The summed E-state index contributed by atoms with van der Waals surface area (Å²) in [6, 6.07) is 0. The Morgan fingerprint density at radius 3 is 1.71 bits per heavy atom. The lowest BCUT2D eigenvalue weighted by Crippen LogP contribution is -2.64. The number of unbranched alkanes of at least 4 members (excludes halogenated alkanes) is 12. The van der Waals surface area contributed by atoms with E-state index in [0.717, 1.165) is 32.1 Å². The van der Waals surface area contributed by atoms with Gasteiger partial charge < -0.3 is 44.6 Å². The summed E-state index contributed by atoms with van der Waals surface area (Å²) < 4.78 is 48.2. The predicted molar refractivity (Wildman–Crippen MR) is 185 cm³/mol. The maximum atomic E-state index is 12.8. The van der Waals surface area contributed by atoms with Crippen LogP contribution >= 0.6 is 15.6 Å². The number of carbonyl (C=O) groups is 2. The van der Waals surface area contributed by atoms with Gasteiger partial charge in [-0.2, -0.15) is 0 Å². The number of phosphoric ester groups is 2. The first-order valence-electron chi connectivity index (χ1n) is 17.1. The van der Waals surface area contributed by atoms with Crippen LogP contribution < -0.4 is 0 Å². The van der Waals surface area contributed by atoms with Gasteiger partial charge in [-0.15, -0.1) is 6.42 Å². The van der Waals surface area contributed by atoms with Crippen LogP contribution in [0.25, 0.3) is 0 Å². The standard InChI is InChI=1S/C34H50O16P2/c1-3-5-7-9-11-12-13-14-15-16-17-19-21-23-28(36)48-26(24-46-27(35)22-20-18-10-8-6-4-2)25-47-52(44,45)50-34-31(39)29(37)30(38)33(32(34)40)49-51(41,42)43/h2,26,29-34,37-40H,3,5,7,9,11-17,19,21,23-25H2,1H3,(H,44,45)(H2,41,42,43)/t26-,29?,30+,31+,32?,33-,34?/m1/s1. The lowest BCUT2D eigenvalue weighted by Gasteiger charge is -2.43. The third-order valence-electron chi connectivity index (χ3n) is 7.65. The number of aliphatic hydroxyl groups excluding tert-OH is 4. The third-order valence-corrected chi connectivity index (χ3v) is 9.16. The van der Waals surface area contributed by atoms with Crippen molar-refractivity contribution >= 4 is 27.6 Å². The molecule has 7 N–H and O–H groups in total. The minimum atomic E-state index is -5.38. The first-order chi connectivity index (χ1) is 24.6. The molecular formula is C34H50O16P2. The van der Waals surface area contributed by atoms with Crippen LogP contribution in [-0.4, -0.2) is 103 Å². The van der Waals surface area contributed by atoms with Gasteiger partial charge in [-0.3, -0.25) is 18.4 Å². The molecule has 8 atom stereocenters. The summed E-state index contributed by atoms with van der Waals surface area (Å²) in [4.78, 5) is 53.1. The summed E-state index contributed by atoms with van der Waals surface area (Å²) in [5.41, 5.74) is 0. The molecule has 0 aliphatic heterocycles. The van der Waals surface area contributed by atoms with Crippen molar-refractivity contribution in [3.8, 4) is 47.9 Å². The number of rotatable bonds is 24. The Morgan fingerprint density at radius 2 is 1.17 bits per heavy atom. The zero-order valence-corrected chi connectivity index (χ0v) is 30.9. The second-order valence-corrected chi connectivity index (χ2v) is 14.6. The fourth-order valence-corrected chi connectivity index (χ4v) is 6.56. The van der Waals surface area contributed by atoms with E-state index in [1.54, 1.807) is 0 Å². The Morgan fingerprint density at radius 1 is 0.673 bits per heavy atom. The van der Waals surface area contributed by atoms with Crippen LogP contribution in [0, 0.1) is 47.9 Å². The van der Waals surface area contributed by atoms with Crippen molar-refractivity contribution in [1.29, 1.82) is 0 Å². The zero-order chi connectivity index (χ0) is 39.0. The molecule has 1 fully saturated rings. The number of hydrogen-bond donors (Lipinski definition) is 7. The number of terminal acetylenes is 1. The van der Waals surface area contributed by atoms with Gasteiger partial charge in [0.25, 0.3) is 0 Å². The molecule has 0 heterocycles. The van der Waals surface area contributed by atoms with Crippen LogP contribution in [0.5, 0.6) is 0 Å². The molecule has 0 amide bonds. The van der Waals surface area contributed by atoms with Gasteiger partial charge in [0, 0.05) is 12.3 Å². The van der Waals surface area contributed by atoms with Crippen LogP contribution in [0.3, 0.4) is 0 Å². The molecule has 16 nitrogen and oxygen atoms in total. The summed E-state index contributed by atoms with van der Waals surface area (Å²) >= 11 is 0. The van der Waals surface area contributed by atoms with Crippen molar-refractivity contribution in [3.63, 3.8) is 0 Å². The molecule has 0 spiro atoms. The topological polar surface area (TPSA) is 256 Å². The number of ether oxygens (including phenoxy) is 2. The Balaban J connectivity index is 2.76. The van der Waals surface area contributed by atoms with Crippen molar-refractivity contribution in [1.82, 2.24) is 0 Å². The Labute approximate surface area is 304 Å². The van der Waals surface area contributed by atoms with Crippen molar-refractivity contribution in [2.24, 2.45) is 0 Å². The second-order valence-electron chi connectivity index (χ2n) is 12.0. The van der Waals surface area contributed by atoms with Gasteiger partial charge in [0.2, 0.25) is 0 Å². The molecule has 4 unspecified atom stereocenters. The van der Waals surface area contributed by atoms with Gasteiger partial charge in [0.15, 0.2) is 6.10 Å². The Hall–Kier alpha value is -2.76. The Kier molecular flexibility index (Phi) is 23.7. The molecule has 0 aromatic heterocycles. The van der Waals surface area contributed by atoms with E-state index in [-0.39, 0.29) is 6.42 Å². The summed E-state index contributed by atoms with van der Waals surface area (Å²) in [5.74, 6) is 13.4. The van der Waals surface area contributed by atoms with E-state index in [1.807, 2.05) is 11.8 Å². The van der Waals surface area contributed by atoms with Crippen LogP contribution in [0.2, 0.25) is 0 Å². The number of carbonyl (C=O) groups excluding carboxylic acids is 2. The molecule has 0 aromatic carbocycles. The average molecular weight is 777 g/mol. The lowest BCUT2D eigenvalue weighted by molar-refractivity contribution is -0.216. The largest absolute Gasteiger partial charge is 0.472 e. The molecular weight excluding hydrogens is 726 g/mol. The summed E-state index contributed by atoms with van der Waals surface area (Å²) in [5, 5.41) is 40.8. The first-order valence-corrected chi connectivity index (χ1v) is 20.1. The number of hydrogen-bond acceptors (Lipinski definition) is 13. The van der Waals surface area contributed by atoms with Crippen molar-refractivity contribution in [2.45, 2.75) is 140 Å². The second kappa shape index (κ2) is 26.1. The van der Waals surface area contributed by atoms with Crippen LogP contribution in [0.15, 0.2) is 0 Å². The molecule has 52 heavy (non-hydrogen) atoms. The summed E-state index contributed by atoms with van der Waals surface area (Å²) in [6.07, 6.45) is 4.03. The van der Waals surface area contributed by atoms with E-state index in [1.165, 1.54) is 44.9 Å². The smallest absolute Gasteiger partial charge is 0.456 e. The molecule has 1 rings (SSSR count). The van der Waals surface area contributed by atoms with E-state index in [9.17, 15) is 44.0 Å². The highest BCUT2D eigenvalue weighted by Crippen LogP contribution is 2.49. The van der Waals surface area contributed by atoms with E-state index in [0.29, 0.717) is 6.42 Å². The van der Waals surface area contributed by atoms with Gasteiger partial charge in [0.1, 0.15) is 43.2 Å². The van der Waals surface area contributed by atoms with Gasteiger partial charge in [0.05, 0.1) is 6.61 Å². The normalized spacial score (nSPS) is 22.8. The van der Waals surface area contributed by atoms with Gasteiger partial charge in [-0.1, -0.05) is 84.0 Å². The minimum Gasteiger partial charge on any atom is -0.456 e. The summed E-state index contributed by atoms with van der Waals surface area (Å²) in [7, 11) is -10.7. The van der Waals surface area contributed by atoms with Gasteiger partial charge >= 0.3 is 27.6 Å². The molecule has 18 heteroatoms. The zero-order valence-electron chi connectivity index (χ0n) is 29.1. The maximum Gasteiger partial charge on any atom is 0.472 e. The van der Waals surface area contributed by atoms with E-state index < -0.39 is 83.5 Å². The molecule has 1 saturated carbocycles. The predicted octanol–water partition coefficient (Wildman–Crippen LogP) is 2.00. The maximum absolute atomic E-state index is 12.8. The fraction of sp³-hybridized carbons (Fsp3) is 0.706. The molecule has 0 saturated heterocycles. The van der Waals surface area contributed by atoms with Crippen LogP contribution in [0.1, 0.15) is 96.8 Å². The number of aliphatic hydroxyl groups is 4. The number of phosphoric acid groups is 2. The van der Waals surface area contributed by atoms with Crippen molar-refractivity contribution < 1.29 is 76.9 Å². The fourth-order valence-electron chi connectivity index (χ4n) is 5.02. The van der Waals surface area contributed by atoms with E-state index in [4.69, 9.17) is 34.7 Å². The highest BCUT2D eigenvalue weighted by molar-refractivity contribution is 7.47.